The second-order valence-electron chi connectivity index (χ2n) is 6.33. The Balaban J connectivity index is 1.54. The van der Waals surface area contributed by atoms with Crippen LogP contribution in [0.15, 0.2) is 24.7 Å². The quantitative estimate of drug-likeness (QED) is 0.657. The van der Waals surface area contributed by atoms with Gasteiger partial charge in [0.25, 0.3) is 0 Å². The van der Waals surface area contributed by atoms with Crippen molar-refractivity contribution in [1.29, 1.82) is 0 Å². The topological polar surface area (TPSA) is 101 Å². The molecule has 9 heteroatoms. The van der Waals surface area contributed by atoms with Gasteiger partial charge in [-0.2, -0.15) is 9.97 Å². The Hall–Kier alpha value is -2.45. The number of hydrogen-bond donors (Lipinski definition) is 3. The first kappa shape index (κ1) is 16.0. The Kier molecular flexibility index (Phi) is 4.14. The van der Waals surface area contributed by atoms with E-state index in [0.29, 0.717) is 22.6 Å². The number of H-pyrrole nitrogens is 1. The van der Waals surface area contributed by atoms with Gasteiger partial charge in [-0.3, -0.25) is 4.98 Å². The van der Waals surface area contributed by atoms with Gasteiger partial charge in [-0.25, -0.2) is 4.98 Å². The van der Waals surface area contributed by atoms with Gasteiger partial charge in [0.05, 0.1) is 23.1 Å². The van der Waals surface area contributed by atoms with Crippen LogP contribution in [0.25, 0.3) is 11.2 Å². The summed E-state index contributed by atoms with van der Waals surface area (Å²) in [5.74, 6) is 1.13. The highest BCUT2D eigenvalue weighted by atomic mass is 35.5. The molecule has 1 aliphatic rings. The van der Waals surface area contributed by atoms with Crippen LogP contribution in [0.2, 0.25) is 5.02 Å². The molecule has 0 unspecified atom stereocenters. The summed E-state index contributed by atoms with van der Waals surface area (Å²) >= 11 is 5.94. The summed E-state index contributed by atoms with van der Waals surface area (Å²) in [6.45, 7) is 3.65. The van der Waals surface area contributed by atoms with Crippen molar-refractivity contribution >= 4 is 40.3 Å². The molecule has 3 aromatic heterocycles. The van der Waals surface area contributed by atoms with Crippen LogP contribution < -0.4 is 10.6 Å². The molecule has 3 aromatic rings. The average molecular weight is 360 g/mol. The molecule has 0 aromatic carbocycles. The number of nitrogens with zero attached hydrogens (tertiary/aromatic N) is 4. The summed E-state index contributed by atoms with van der Waals surface area (Å²) in [5, 5.41) is 7.09. The molecule has 8 nitrogen and oxygen atoms in total. The van der Waals surface area contributed by atoms with Gasteiger partial charge in [-0.1, -0.05) is 11.6 Å². The molecule has 0 bridgehead atoms. The SMILES string of the molecule is CC1(Nc2ncc3[nH]c(Nc4cncc(Cl)c4)nc3n2)CCOCC1. The Morgan fingerprint density at radius 2 is 2.04 bits per heavy atom. The van der Waals surface area contributed by atoms with Crippen LogP contribution in [0, 0.1) is 0 Å². The smallest absolute Gasteiger partial charge is 0.225 e. The van der Waals surface area contributed by atoms with Crippen molar-refractivity contribution in [2.75, 3.05) is 23.8 Å². The van der Waals surface area contributed by atoms with E-state index in [-0.39, 0.29) is 5.54 Å². The molecule has 0 aliphatic carbocycles. The zero-order chi connectivity index (χ0) is 17.3. The number of fused-ring (bicyclic) bond motifs is 1. The lowest BCUT2D eigenvalue weighted by Crippen LogP contribution is -2.41. The standard InChI is InChI=1S/C16H18ClN7O/c1-16(2-4-25-5-3-16)24-14-19-9-12-13(22-14)23-15(21-12)20-11-6-10(17)7-18-8-11/h6-9H,2-5H2,1H3,(H3,19,20,21,22,23,24). The van der Waals surface area contributed by atoms with Gasteiger partial charge in [0.2, 0.25) is 11.9 Å². The molecule has 4 rings (SSSR count). The van der Waals surface area contributed by atoms with Crippen LogP contribution >= 0.6 is 11.6 Å². The van der Waals surface area contributed by atoms with E-state index in [1.165, 1.54) is 0 Å². The highest BCUT2D eigenvalue weighted by molar-refractivity contribution is 6.30. The molecule has 130 valence electrons. The van der Waals surface area contributed by atoms with Gasteiger partial charge in [0.1, 0.15) is 5.52 Å². The maximum absolute atomic E-state index is 5.94. The van der Waals surface area contributed by atoms with Crippen molar-refractivity contribution in [1.82, 2.24) is 24.9 Å². The van der Waals surface area contributed by atoms with Gasteiger partial charge in [-0.15, -0.1) is 0 Å². The second kappa shape index (κ2) is 6.45. The number of pyridine rings is 1. The summed E-state index contributed by atoms with van der Waals surface area (Å²) in [4.78, 5) is 20.5. The minimum Gasteiger partial charge on any atom is -0.381 e. The molecule has 0 radical (unpaired) electrons. The number of imidazole rings is 1. The van der Waals surface area contributed by atoms with E-state index in [4.69, 9.17) is 16.3 Å². The van der Waals surface area contributed by atoms with Gasteiger partial charge < -0.3 is 20.4 Å². The minimum atomic E-state index is -0.0598. The zero-order valence-corrected chi connectivity index (χ0v) is 14.5. The number of ether oxygens (including phenoxy) is 1. The van der Waals surface area contributed by atoms with Crippen LogP contribution in [0.1, 0.15) is 19.8 Å². The first-order valence-corrected chi connectivity index (χ1v) is 8.44. The minimum absolute atomic E-state index is 0.0598. The maximum Gasteiger partial charge on any atom is 0.225 e. The number of halogens is 1. The van der Waals surface area contributed by atoms with Crippen LogP contribution in [-0.2, 0) is 4.74 Å². The number of nitrogens with one attached hydrogen (secondary N) is 3. The molecule has 1 fully saturated rings. The van der Waals surface area contributed by atoms with E-state index in [9.17, 15) is 0 Å². The summed E-state index contributed by atoms with van der Waals surface area (Å²) in [5.41, 5.74) is 2.02. The molecule has 3 N–H and O–H groups in total. The van der Waals surface area contributed by atoms with E-state index in [1.54, 1.807) is 24.7 Å². The fourth-order valence-corrected chi connectivity index (χ4v) is 2.93. The molecule has 0 amide bonds. The molecule has 0 saturated carbocycles. The summed E-state index contributed by atoms with van der Waals surface area (Å²) < 4.78 is 5.42. The van der Waals surface area contributed by atoms with Crippen molar-refractivity contribution in [2.45, 2.75) is 25.3 Å². The number of aromatic nitrogens is 5. The maximum atomic E-state index is 5.94. The van der Waals surface area contributed by atoms with Gasteiger partial charge in [-0.05, 0) is 25.8 Å². The number of rotatable bonds is 4. The summed E-state index contributed by atoms with van der Waals surface area (Å²) in [6.07, 6.45) is 6.81. The van der Waals surface area contributed by atoms with Crippen molar-refractivity contribution in [3.05, 3.63) is 29.7 Å². The molecular formula is C16H18ClN7O. The fraction of sp³-hybridized carbons (Fsp3) is 0.375. The van der Waals surface area contributed by atoms with E-state index in [2.05, 4.69) is 42.5 Å². The van der Waals surface area contributed by atoms with Crippen LogP contribution in [0.3, 0.4) is 0 Å². The van der Waals surface area contributed by atoms with E-state index in [1.807, 2.05) is 0 Å². The molecule has 4 heterocycles. The van der Waals surface area contributed by atoms with Crippen molar-refractivity contribution < 1.29 is 4.74 Å². The van der Waals surface area contributed by atoms with Gasteiger partial charge in [0, 0.05) is 24.9 Å². The molecular weight excluding hydrogens is 342 g/mol. The summed E-state index contributed by atoms with van der Waals surface area (Å²) in [6, 6.07) is 1.77. The third kappa shape index (κ3) is 3.64. The van der Waals surface area contributed by atoms with E-state index < -0.39 is 0 Å². The number of hydrogen-bond acceptors (Lipinski definition) is 7. The van der Waals surface area contributed by atoms with Crippen molar-refractivity contribution in [2.24, 2.45) is 0 Å². The lowest BCUT2D eigenvalue weighted by molar-refractivity contribution is 0.0656. The lowest BCUT2D eigenvalue weighted by Gasteiger charge is -2.34. The molecule has 1 saturated heterocycles. The zero-order valence-electron chi connectivity index (χ0n) is 13.7. The van der Waals surface area contributed by atoms with Crippen molar-refractivity contribution in [3.63, 3.8) is 0 Å². The monoisotopic (exact) mass is 359 g/mol. The predicted octanol–water partition coefficient (Wildman–Crippen LogP) is 3.13. The Morgan fingerprint density at radius 1 is 1.20 bits per heavy atom. The fourth-order valence-electron chi connectivity index (χ4n) is 2.76. The predicted molar refractivity (Wildman–Crippen MR) is 96.3 cm³/mol. The molecule has 0 spiro atoms. The average Bonchev–Trinajstić information content (AvgIpc) is 2.96. The van der Waals surface area contributed by atoms with Crippen LogP contribution in [0.5, 0.6) is 0 Å². The normalized spacial score (nSPS) is 16.7. The molecule has 25 heavy (non-hydrogen) atoms. The Morgan fingerprint density at radius 3 is 2.84 bits per heavy atom. The third-order valence-electron chi connectivity index (χ3n) is 4.22. The van der Waals surface area contributed by atoms with E-state index in [0.717, 1.165) is 37.3 Å². The Bertz CT molecular complexity index is 891. The molecule has 1 aliphatic heterocycles. The first-order valence-electron chi connectivity index (χ1n) is 8.06. The largest absolute Gasteiger partial charge is 0.381 e. The molecule has 0 atom stereocenters. The lowest BCUT2D eigenvalue weighted by atomic mass is 9.93. The summed E-state index contributed by atoms with van der Waals surface area (Å²) in [7, 11) is 0. The second-order valence-corrected chi connectivity index (χ2v) is 6.77. The highest BCUT2D eigenvalue weighted by Crippen LogP contribution is 2.25. The van der Waals surface area contributed by atoms with E-state index >= 15 is 0 Å². The number of aromatic amines is 1. The van der Waals surface area contributed by atoms with Crippen molar-refractivity contribution in [3.8, 4) is 0 Å². The van der Waals surface area contributed by atoms with Gasteiger partial charge >= 0.3 is 0 Å². The van der Waals surface area contributed by atoms with Crippen LogP contribution in [0.4, 0.5) is 17.6 Å². The van der Waals surface area contributed by atoms with Crippen LogP contribution in [-0.4, -0.2) is 43.7 Å². The Labute approximate surface area is 149 Å². The first-order chi connectivity index (χ1) is 12.1. The van der Waals surface area contributed by atoms with Gasteiger partial charge in [0.15, 0.2) is 5.65 Å². The third-order valence-corrected chi connectivity index (χ3v) is 4.42. The number of anilines is 3. The highest BCUT2D eigenvalue weighted by Gasteiger charge is 2.28.